The fourth-order valence-corrected chi connectivity index (χ4v) is 12.6. The molecule has 2 aromatic carbocycles. The Bertz CT molecular complexity index is 2450. The number of nitrogen functional groups attached to an aromatic ring is 2. The molecule has 0 saturated heterocycles. The number of rotatable bonds is 11. The zero-order valence-corrected chi connectivity index (χ0v) is 44.2. The average molecular weight is 1060 g/mol. The van der Waals surface area contributed by atoms with Gasteiger partial charge in [-0.2, -0.15) is 0 Å². The number of amides is 2. The Morgan fingerprint density at radius 3 is 1.55 bits per heavy atom. The molecule has 66 heavy (non-hydrogen) atoms. The van der Waals surface area contributed by atoms with Crippen molar-refractivity contribution in [2.45, 2.75) is 159 Å². The van der Waals surface area contributed by atoms with Gasteiger partial charge >= 0.3 is 12.2 Å². The van der Waals surface area contributed by atoms with Crippen LogP contribution in [0.4, 0.5) is 21.0 Å². The number of benzene rings is 2. The van der Waals surface area contributed by atoms with Crippen LogP contribution in [-0.4, -0.2) is 75.4 Å². The number of aromatic nitrogens is 2. The minimum atomic E-state index is -3.66. The van der Waals surface area contributed by atoms with Crippen LogP contribution in [0.25, 0.3) is 10.4 Å². The van der Waals surface area contributed by atoms with Gasteiger partial charge in [0.1, 0.15) is 11.2 Å². The van der Waals surface area contributed by atoms with Gasteiger partial charge in [0.25, 0.3) is 0 Å². The van der Waals surface area contributed by atoms with Gasteiger partial charge in [-0.15, -0.1) is 22.7 Å². The maximum atomic E-state index is 12.7. The van der Waals surface area contributed by atoms with E-state index in [1.54, 1.807) is 62.6 Å². The second kappa shape index (κ2) is 23.9. The predicted molar refractivity (Wildman–Crippen MR) is 268 cm³/mol. The summed E-state index contributed by atoms with van der Waals surface area (Å²) in [4.78, 5) is 34.0. The number of sulfonamides is 2. The van der Waals surface area contributed by atoms with Gasteiger partial charge in [0.05, 0.1) is 34.7 Å². The Hall–Kier alpha value is -3.86. The lowest BCUT2D eigenvalue weighted by molar-refractivity contribution is 0.0479. The second-order valence-corrected chi connectivity index (χ2v) is 25.2. The van der Waals surface area contributed by atoms with E-state index in [-0.39, 0.29) is 40.0 Å². The zero-order valence-electron chi connectivity index (χ0n) is 39.3. The number of alkyl carbamates (subject to hydrolysis) is 2. The number of nitrogens with two attached hydrogens (primary N) is 2. The molecule has 8 N–H and O–H groups in total. The average Bonchev–Trinajstić information content (AvgIpc) is 3.88. The highest BCUT2D eigenvalue weighted by Gasteiger charge is 2.29. The molecule has 0 unspecified atom stereocenters. The number of nitrogens with one attached hydrogen (secondary N) is 4. The lowest BCUT2D eigenvalue weighted by Crippen LogP contribution is -2.40. The summed E-state index contributed by atoms with van der Waals surface area (Å²) in [6, 6.07) is 10.1. The molecule has 2 aliphatic rings. The van der Waals surface area contributed by atoms with Gasteiger partial charge in [-0.3, -0.25) is 0 Å². The maximum Gasteiger partial charge on any atom is 0.407 e. The molecule has 0 atom stereocenters. The van der Waals surface area contributed by atoms with Crippen molar-refractivity contribution in [3.8, 4) is 10.4 Å². The lowest BCUT2D eigenvalue weighted by atomic mass is 9.86. The molecule has 6 rings (SSSR count). The third-order valence-corrected chi connectivity index (χ3v) is 16.4. The minimum Gasteiger partial charge on any atom is -0.444 e. The topological polar surface area (TPSA) is 247 Å². The molecule has 2 heterocycles. The van der Waals surface area contributed by atoms with Crippen molar-refractivity contribution in [1.29, 1.82) is 0 Å². The van der Waals surface area contributed by atoms with Crippen LogP contribution in [0.3, 0.4) is 0 Å². The van der Waals surface area contributed by atoms with Crippen LogP contribution in [0.2, 0.25) is 0 Å². The fourth-order valence-electron chi connectivity index (χ4n) is 7.38. The molecule has 0 aliphatic heterocycles. The molecule has 2 amide bonds. The molecule has 2 fully saturated rings. The van der Waals surface area contributed by atoms with E-state index in [9.17, 15) is 26.4 Å². The smallest absolute Gasteiger partial charge is 0.407 e. The number of hydrogen-bond acceptors (Lipinski definition) is 14. The van der Waals surface area contributed by atoms with E-state index in [0.717, 1.165) is 65.0 Å². The minimum absolute atomic E-state index is 0.0921. The summed E-state index contributed by atoms with van der Waals surface area (Å²) in [6.45, 7) is 17.1. The summed E-state index contributed by atoms with van der Waals surface area (Å²) in [5, 5.41) is 8.11. The largest absolute Gasteiger partial charge is 0.444 e. The van der Waals surface area contributed by atoms with Crippen molar-refractivity contribution in [3.05, 3.63) is 68.2 Å². The molecule has 2 saturated carbocycles. The van der Waals surface area contributed by atoms with Crippen LogP contribution in [-0.2, 0) is 29.5 Å². The number of aryl methyl sites for hydroxylation is 1. The number of thiazole rings is 2. The number of halogens is 1. The van der Waals surface area contributed by atoms with Gasteiger partial charge in [0.2, 0.25) is 20.0 Å². The Morgan fingerprint density at radius 2 is 1.11 bits per heavy atom. The summed E-state index contributed by atoms with van der Waals surface area (Å²) < 4.78 is 65.3. The first-order chi connectivity index (χ1) is 30.8. The first kappa shape index (κ1) is 54.7. The summed E-state index contributed by atoms with van der Waals surface area (Å²) in [5.74, 6) is 0.816. The van der Waals surface area contributed by atoms with Gasteiger partial charge < -0.3 is 31.6 Å². The molecule has 2 aliphatic carbocycles. The highest BCUT2D eigenvalue weighted by molar-refractivity contribution is 9.11. The summed E-state index contributed by atoms with van der Waals surface area (Å²) in [5.41, 5.74) is 12.6. The monoisotopic (exact) mass is 1050 g/mol. The van der Waals surface area contributed by atoms with Crippen LogP contribution in [0.1, 0.15) is 134 Å². The van der Waals surface area contributed by atoms with Gasteiger partial charge in [-0.25, -0.2) is 45.8 Å². The molecule has 0 bridgehead atoms. The van der Waals surface area contributed by atoms with Gasteiger partial charge in [0, 0.05) is 60.1 Å². The van der Waals surface area contributed by atoms with E-state index in [0.29, 0.717) is 41.5 Å². The van der Waals surface area contributed by atoms with Crippen LogP contribution >= 0.6 is 38.6 Å². The molecule has 21 heteroatoms. The van der Waals surface area contributed by atoms with Crippen LogP contribution < -0.4 is 31.5 Å². The van der Waals surface area contributed by atoms with Crippen LogP contribution in [0.5, 0.6) is 0 Å². The maximum absolute atomic E-state index is 12.7. The van der Waals surface area contributed by atoms with E-state index in [1.807, 2.05) is 47.7 Å². The number of ether oxygens (including phenoxy) is 2. The number of carbonyl (C=O) groups is 2. The van der Waals surface area contributed by atoms with Crippen molar-refractivity contribution >= 4 is 82.2 Å². The Kier molecular flexibility index (Phi) is 19.8. The molecule has 0 spiro atoms. The number of hydrogen-bond donors (Lipinski definition) is 6. The standard InChI is InChI=1S/C22H32N4O4S2.C14H21BrN2O2S.C9H14N2O2S/c1-5-25-32(28,29)19-12-15(23)8-11-17(19)18-13-24-20(31-18)14-6-9-16(10-7-14)26-21(27)30-22(2,3)4;1-14(2,3)19-13(18)17-10-6-4-9(5-7-10)12-16-8-11(15)20-12;1-3-11-14(12,13)9-6-8(10)5-4-7(9)2/h8,11-14,16,25H,5-7,9-10,23H2,1-4H3,(H,26,27);8-10H,4-7H2,1-3H3,(H,17,18);4-6,11H,3,10H2,1-2H3. The first-order valence-electron chi connectivity index (χ1n) is 22.1. The van der Waals surface area contributed by atoms with Gasteiger partial charge in [-0.1, -0.05) is 26.0 Å². The van der Waals surface area contributed by atoms with Crippen LogP contribution in [0, 0.1) is 6.92 Å². The van der Waals surface area contributed by atoms with E-state index in [1.165, 1.54) is 28.5 Å². The Labute approximate surface area is 407 Å². The molecular weight excluding hydrogens is 989 g/mol. The van der Waals surface area contributed by atoms with Crippen molar-refractivity contribution in [2.75, 3.05) is 24.6 Å². The quantitative estimate of drug-likeness (QED) is 0.0769. The molecular formula is C45H67BrN8O8S4. The van der Waals surface area contributed by atoms with Gasteiger partial charge in [0.15, 0.2) is 0 Å². The number of nitrogens with zero attached hydrogens (tertiary/aromatic N) is 2. The molecule has 2 aromatic heterocycles. The Balaban J connectivity index is 0.000000238. The predicted octanol–water partition coefficient (Wildman–Crippen LogP) is 9.57. The third kappa shape index (κ3) is 17.3. The van der Waals surface area contributed by atoms with Gasteiger partial charge in [-0.05, 0) is 146 Å². The first-order valence-corrected chi connectivity index (χ1v) is 27.5. The normalized spacial score (nSPS) is 19.0. The Morgan fingerprint density at radius 1 is 0.682 bits per heavy atom. The zero-order chi connectivity index (χ0) is 49.0. The third-order valence-electron chi connectivity index (χ3n) is 10.3. The van der Waals surface area contributed by atoms with Crippen molar-refractivity contribution < 1.29 is 35.9 Å². The number of carbonyl (C=O) groups excluding carboxylic acids is 2. The highest BCUT2D eigenvalue weighted by atomic mass is 79.9. The van der Waals surface area contributed by atoms with E-state index in [4.69, 9.17) is 20.9 Å². The van der Waals surface area contributed by atoms with E-state index in [2.05, 4.69) is 46.0 Å². The lowest BCUT2D eigenvalue weighted by Gasteiger charge is -2.29. The summed E-state index contributed by atoms with van der Waals surface area (Å²) in [7, 11) is -7.06. The SMILES string of the molecule is CC(C)(C)OC(=O)NC1CCC(c2ncc(Br)s2)CC1.CCNS(=O)(=O)c1cc(N)ccc1-c1cnc(C2CCC(NC(=O)OC(C)(C)C)CC2)s1.CCNS(=O)(=O)c1cc(N)ccc1C. The van der Waals surface area contributed by atoms with Crippen LogP contribution in [0.15, 0.2) is 62.4 Å². The summed E-state index contributed by atoms with van der Waals surface area (Å²) in [6.07, 6.45) is 10.5. The molecule has 16 nitrogen and oxygen atoms in total. The number of anilines is 2. The van der Waals surface area contributed by atoms with E-state index < -0.39 is 31.2 Å². The van der Waals surface area contributed by atoms with Crippen molar-refractivity contribution in [1.82, 2.24) is 30.0 Å². The highest BCUT2D eigenvalue weighted by Crippen LogP contribution is 2.40. The fraction of sp³-hybridized carbons (Fsp3) is 0.556. The molecule has 0 radical (unpaired) electrons. The molecule has 366 valence electrons. The van der Waals surface area contributed by atoms with Crippen molar-refractivity contribution in [2.24, 2.45) is 0 Å². The molecule has 4 aromatic rings. The second-order valence-electron chi connectivity index (χ2n) is 18.2. The van der Waals surface area contributed by atoms with E-state index >= 15 is 0 Å². The summed E-state index contributed by atoms with van der Waals surface area (Å²) >= 11 is 6.68. The van der Waals surface area contributed by atoms with Crippen molar-refractivity contribution in [3.63, 3.8) is 0 Å².